The lowest BCUT2D eigenvalue weighted by atomic mass is 10.1. The molecule has 0 radical (unpaired) electrons. The van der Waals surface area contributed by atoms with Crippen molar-refractivity contribution in [1.29, 1.82) is 0 Å². The van der Waals surface area contributed by atoms with Gasteiger partial charge in [0.1, 0.15) is 11.6 Å². The summed E-state index contributed by atoms with van der Waals surface area (Å²) in [7, 11) is 0. The Morgan fingerprint density at radius 2 is 2.25 bits per heavy atom. The molecule has 126 valence electrons. The van der Waals surface area contributed by atoms with Crippen LogP contribution in [-0.2, 0) is 16.2 Å². The Morgan fingerprint density at radius 3 is 2.92 bits per heavy atom. The van der Waals surface area contributed by atoms with Crippen LogP contribution in [0.15, 0.2) is 29.6 Å². The number of rotatable bonds is 4. The summed E-state index contributed by atoms with van der Waals surface area (Å²) in [6, 6.07) is 2.93. The number of anilines is 1. The predicted molar refractivity (Wildman–Crippen MR) is 83.7 cm³/mol. The topological polar surface area (TPSA) is 68.5 Å². The van der Waals surface area contributed by atoms with Gasteiger partial charge in [-0.15, -0.1) is 0 Å². The van der Waals surface area contributed by atoms with E-state index in [1.807, 2.05) is 18.5 Å². The maximum Gasteiger partial charge on any atom is 0.268 e. The Kier molecular flexibility index (Phi) is 4.28. The molecule has 1 N–H and O–H groups in total. The Hall–Kier alpha value is -2.77. The van der Waals surface area contributed by atoms with Crippen LogP contribution >= 0.6 is 0 Å². The largest absolute Gasteiger partial charge is 0.382 e. The molecule has 2 heterocycles. The van der Waals surface area contributed by atoms with E-state index in [1.165, 1.54) is 0 Å². The van der Waals surface area contributed by atoms with E-state index in [9.17, 15) is 13.6 Å². The molecule has 1 amide bonds. The van der Waals surface area contributed by atoms with Crippen LogP contribution < -0.4 is 5.32 Å². The second kappa shape index (κ2) is 6.38. The molecule has 1 aromatic carbocycles. The fraction of sp³-hybridized carbons (Fsp3) is 0.312. The van der Waals surface area contributed by atoms with Gasteiger partial charge in [-0.3, -0.25) is 9.48 Å². The fourth-order valence-electron chi connectivity index (χ4n) is 2.53. The molecule has 2 aromatic rings. The summed E-state index contributed by atoms with van der Waals surface area (Å²) >= 11 is 0. The van der Waals surface area contributed by atoms with Crippen molar-refractivity contribution in [3.8, 4) is 0 Å². The van der Waals surface area contributed by atoms with Crippen molar-refractivity contribution in [3.05, 3.63) is 47.3 Å². The monoisotopic (exact) mass is 334 g/mol. The second-order valence-electron chi connectivity index (χ2n) is 5.41. The summed E-state index contributed by atoms with van der Waals surface area (Å²) in [4.78, 5) is 17.3. The molecule has 1 aliphatic rings. The number of aromatic nitrogens is 2. The van der Waals surface area contributed by atoms with Crippen molar-refractivity contribution in [2.24, 2.45) is 5.16 Å². The zero-order valence-corrected chi connectivity index (χ0v) is 13.2. The first-order valence-electron chi connectivity index (χ1n) is 7.51. The van der Waals surface area contributed by atoms with Crippen molar-refractivity contribution < 1.29 is 18.4 Å². The number of benzene rings is 1. The summed E-state index contributed by atoms with van der Waals surface area (Å²) in [5.74, 6) is -2.10. The van der Waals surface area contributed by atoms with Crippen molar-refractivity contribution in [1.82, 2.24) is 9.78 Å². The molecular weight excluding hydrogens is 318 g/mol. The summed E-state index contributed by atoms with van der Waals surface area (Å²) in [6.45, 7) is 4.62. The molecule has 24 heavy (non-hydrogen) atoms. The lowest BCUT2D eigenvalue weighted by Gasteiger charge is -2.10. The van der Waals surface area contributed by atoms with Crippen LogP contribution in [0.3, 0.4) is 0 Å². The highest BCUT2D eigenvalue weighted by atomic mass is 19.1. The van der Waals surface area contributed by atoms with Crippen LogP contribution in [0.2, 0.25) is 0 Å². The summed E-state index contributed by atoms with van der Waals surface area (Å²) < 4.78 is 28.3. The van der Waals surface area contributed by atoms with Gasteiger partial charge in [-0.2, -0.15) is 5.10 Å². The molecular formula is C16H16F2N4O2. The average molecular weight is 334 g/mol. The SMILES string of the molecule is CCn1ncc(C2=NOC(C(=O)Nc3ccc(F)cc3F)C2)c1C. The average Bonchev–Trinajstić information content (AvgIpc) is 3.16. The Morgan fingerprint density at radius 1 is 1.46 bits per heavy atom. The number of amides is 1. The number of halogens is 2. The number of carbonyl (C=O) groups is 1. The van der Waals surface area contributed by atoms with E-state index in [2.05, 4.69) is 15.6 Å². The maximum atomic E-state index is 13.6. The first-order chi connectivity index (χ1) is 11.5. The molecule has 3 rings (SSSR count). The first-order valence-corrected chi connectivity index (χ1v) is 7.51. The minimum Gasteiger partial charge on any atom is -0.382 e. The van der Waals surface area contributed by atoms with Crippen molar-refractivity contribution in [2.45, 2.75) is 32.9 Å². The number of hydrogen-bond acceptors (Lipinski definition) is 4. The molecule has 0 saturated carbocycles. The van der Waals surface area contributed by atoms with Gasteiger partial charge in [0.25, 0.3) is 5.91 Å². The smallest absolute Gasteiger partial charge is 0.268 e. The van der Waals surface area contributed by atoms with E-state index in [0.29, 0.717) is 11.8 Å². The molecule has 8 heteroatoms. The van der Waals surface area contributed by atoms with Crippen LogP contribution in [0.1, 0.15) is 24.6 Å². The molecule has 1 atom stereocenters. The number of aryl methyl sites for hydroxylation is 1. The molecule has 0 bridgehead atoms. The Balaban J connectivity index is 1.68. The highest BCUT2D eigenvalue weighted by molar-refractivity contribution is 6.06. The molecule has 1 unspecified atom stereocenters. The second-order valence-corrected chi connectivity index (χ2v) is 5.41. The van der Waals surface area contributed by atoms with Crippen LogP contribution in [0, 0.1) is 18.6 Å². The van der Waals surface area contributed by atoms with Gasteiger partial charge in [0.15, 0.2) is 0 Å². The number of nitrogens with zero attached hydrogens (tertiary/aromatic N) is 3. The van der Waals surface area contributed by atoms with Gasteiger partial charge in [0, 0.05) is 30.3 Å². The molecule has 1 aliphatic heterocycles. The lowest BCUT2D eigenvalue weighted by molar-refractivity contribution is -0.125. The van der Waals surface area contributed by atoms with E-state index in [0.717, 1.165) is 29.9 Å². The standard InChI is InChI=1S/C16H16F2N4O2/c1-3-22-9(2)11(8-19-22)14-7-15(24-21-14)16(23)20-13-5-4-10(17)6-12(13)18/h4-6,8,15H,3,7H2,1-2H3,(H,20,23). The molecule has 0 aliphatic carbocycles. The molecule has 0 spiro atoms. The predicted octanol–water partition coefficient (Wildman–Crippen LogP) is 2.62. The quantitative estimate of drug-likeness (QED) is 0.934. The number of carbonyl (C=O) groups excluding carboxylic acids is 1. The van der Waals surface area contributed by atoms with Crippen LogP contribution in [0.5, 0.6) is 0 Å². The van der Waals surface area contributed by atoms with E-state index >= 15 is 0 Å². The van der Waals surface area contributed by atoms with Gasteiger partial charge in [-0.05, 0) is 26.0 Å². The first kappa shape index (κ1) is 16.1. The number of oxime groups is 1. The van der Waals surface area contributed by atoms with E-state index in [1.54, 1.807) is 6.20 Å². The van der Waals surface area contributed by atoms with Gasteiger partial charge in [0.2, 0.25) is 6.10 Å². The van der Waals surface area contributed by atoms with Crippen LogP contribution in [0.25, 0.3) is 0 Å². The third kappa shape index (κ3) is 2.99. The minimum atomic E-state index is -0.867. The van der Waals surface area contributed by atoms with Gasteiger partial charge in [0.05, 0.1) is 17.6 Å². The zero-order chi connectivity index (χ0) is 17.3. The van der Waals surface area contributed by atoms with Crippen LogP contribution in [0.4, 0.5) is 14.5 Å². The zero-order valence-electron chi connectivity index (χ0n) is 13.2. The maximum absolute atomic E-state index is 13.6. The van der Waals surface area contributed by atoms with E-state index < -0.39 is 23.6 Å². The third-order valence-corrected chi connectivity index (χ3v) is 3.86. The Bertz CT molecular complexity index is 816. The normalized spacial score (nSPS) is 16.7. The van der Waals surface area contributed by atoms with Crippen molar-refractivity contribution >= 4 is 17.3 Å². The van der Waals surface area contributed by atoms with E-state index in [-0.39, 0.29) is 12.1 Å². The third-order valence-electron chi connectivity index (χ3n) is 3.86. The molecule has 6 nitrogen and oxygen atoms in total. The lowest BCUT2D eigenvalue weighted by Crippen LogP contribution is -2.28. The van der Waals surface area contributed by atoms with Gasteiger partial charge < -0.3 is 10.2 Å². The molecule has 1 aromatic heterocycles. The summed E-state index contributed by atoms with van der Waals surface area (Å²) in [6.07, 6.45) is 1.07. The Labute approximate surface area is 137 Å². The highest BCUT2D eigenvalue weighted by Gasteiger charge is 2.30. The van der Waals surface area contributed by atoms with Crippen LogP contribution in [-0.4, -0.2) is 27.5 Å². The van der Waals surface area contributed by atoms with Crippen molar-refractivity contribution in [2.75, 3.05) is 5.32 Å². The van der Waals surface area contributed by atoms with Gasteiger partial charge in [-0.1, -0.05) is 5.16 Å². The van der Waals surface area contributed by atoms with E-state index in [4.69, 9.17) is 4.84 Å². The number of nitrogens with one attached hydrogen (secondary N) is 1. The minimum absolute atomic E-state index is 0.103. The fourth-order valence-corrected chi connectivity index (χ4v) is 2.53. The van der Waals surface area contributed by atoms with Gasteiger partial charge >= 0.3 is 0 Å². The van der Waals surface area contributed by atoms with Crippen molar-refractivity contribution in [3.63, 3.8) is 0 Å². The van der Waals surface area contributed by atoms with Gasteiger partial charge in [-0.25, -0.2) is 8.78 Å². The molecule has 0 saturated heterocycles. The highest BCUT2D eigenvalue weighted by Crippen LogP contribution is 2.21. The number of hydrogen-bond donors (Lipinski definition) is 1. The summed E-state index contributed by atoms with van der Waals surface area (Å²) in [5, 5.41) is 10.6. The summed E-state index contributed by atoms with van der Waals surface area (Å²) in [5.41, 5.74) is 2.27. The molecule has 0 fully saturated rings.